The lowest BCUT2D eigenvalue weighted by Crippen LogP contribution is -2.42. The average Bonchev–Trinajstić information content (AvgIpc) is 2.94. The third kappa shape index (κ3) is 7.36. The Morgan fingerprint density at radius 3 is 2.56 bits per heavy atom. The number of carboxylic acids is 1. The van der Waals surface area contributed by atoms with Crippen LogP contribution in [0, 0.1) is 5.82 Å². The molecule has 1 aliphatic rings. The maximum Gasteiger partial charge on any atom is 0.322 e. The van der Waals surface area contributed by atoms with Crippen molar-refractivity contribution in [1.29, 1.82) is 0 Å². The molecule has 2 rings (SSSR count). The van der Waals surface area contributed by atoms with E-state index in [9.17, 15) is 18.8 Å². The molecule has 1 heterocycles. The summed E-state index contributed by atoms with van der Waals surface area (Å²) in [5.41, 5.74) is 0.483. The van der Waals surface area contributed by atoms with Gasteiger partial charge in [0.05, 0.1) is 6.54 Å². The minimum atomic E-state index is -1.10. The molecule has 1 aromatic carbocycles. The highest BCUT2D eigenvalue weighted by atomic mass is 35.5. The second-order valence-electron chi connectivity index (χ2n) is 5.50. The van der Waals surface area contributed by atoms with Crippen molar-refractivity contribution < 1.29 is 23.9 Å². The summed E-state index contributed by atoms with van der Waals surface area (Å²) in [5, 5.41) is 16.2. The van der Waals surface area contributed by atoms with Crippen molar-refractivity contribution in [2.45, 2.75) is 12.5 Å². The van der Waals surface area contributed by atoms with Gasteiger partial charge in [-0.2, -0.15) is 0 Å². The Morgan fingerprint density at radius 2 is 1.92 bits per heavy atom. The molecule has 3 amide bonds. The summed E-state index contributed by atoms with van der Waals surface area (Å²) in [6.45, 7) is 0.804. The molecule has 1 saturated heterocycles. The molecule has 1 aromatic rings. The molecule has 1 atom stereocenters. The quantitative estimate of drug-likeness (QED) is 0.584. The standard InChI is InChI=1S/C15H19FN4O4.ClH/c16-10-1-3-11(4-2-10)18-15(24)19-12-5-6-20(8-12)9-13(21)17-7-14(22)23;/h1-4,12H,5-9H2,(H,17,21)(H,22,23)(H2,18,19,24);1H. The summed E-state index contributed by atoms with van der Waals surface area (Å²) in [4.78, 5) is 35.6. The number of carbonyl (C=O) groups excluding carboxylic acids is 2. The zero-order chi connectivity index (χ0) is 17.5. The van der Waals surface area contributed by atoms with E-state index in [1.165, 1.54) is 24.3 Å². The lowest BCUT2D eigenvalue weighted by atomic mass is 10.3. The minimum Gasteiger partial charge on any atom is -0.480 e. The molecule has 1 aliphatic heterocycles. The van der Waals surface area contributed by atoms with Crippen LogP contribution in [-0.4, -0.2) is 60.1 Å². The van der Waals surface area contributed by atoms with Crippen LogP contribution < -0.4 is 16.0 Å². The summed E-state index contributed by atoms with van der Waals surface area (Å²) >= 11 is 0. The lowest BCUT2D eigenvalue weighted by molar-refractivity contribution is -0.138. The van der Waals surface area contributed by atoms with Crippen molar-refractivity contribution in [3.8, 4) is 0 Å². The molecule has 0 bridgehead atoms. The van der Waals surface area contributed by atoms with Gasteiger partial charge in [-0.1, -0.05) is 0 Å². The number of benzene rings is 1. The van der Waals surface area contributed by atoms with Crippen LogP contribution in [0.1, 0.15) is 6.42 Å². The Kier molecular flexibility index (Phi) is 8.09. The van der Waals surface area contributed by atoms with Crippen molar-refractivity contribution in [2.24, 2.45) is 0 Å². The first-order valence-corrected chi connectivity index (χ1v) is 7.46. The molecule has 4 N–H and O–H groups in total. The minimum absolute atomic E-state index is 0. The molecule has 8 nitrogen and oxygen atoms in total. The third-order valence-electron chi connectivity index (χ3n) is 3.51. The van der Waals surface area contributed by atoms with Gasteiger partial charge in [-0.15, -0.1) is 12.4 Å². The van der Waals surface area contributed by atoms with Gasteiger partial charge >= 0.3 is 12.0 Å². The average molecular weight is 375 g/mol. The van der Waals surface area contributed by atoms with Gasteiger partial charge in [-0.05, 0) is 30.7 Å². The van der Waals surface area contributed by atoms with Gasteiger partial charge < -0.3 is 21.1 Å². The summed E-state index contributed by atoms with van der Waals surface area (Å²) < 4.78 is 12.8. The van der Waals surface area contributed by atoms with Gasteiger partial charge in [0.2, 0.25) is 5.91 Å². The first-order valence-electron chi connectivity index (χ1n) is 7.46. The van der Waals surface area contributed by atoms with Gasteiger partial charge in [-0.3, -0.25) is 14.5 Å². The number of carbonyl (C=O) groups is 3. The van der Waals surface area contributed by atoms with Crippen LogP contribution in [0.25, 0.3) is 0 Å². The van der Waals surface area contributed by atoms with Crippen LogP contribution >= 0.6 is 12.4 Å². The van der Waals surface area contributed by atoms with E-state index in [1.807, 2.05) is 4.90 Å². The van der Waals surface area contributed by atoms with Crippen LogP contribution in [0.4, 0.5) is 14.9 Å². The van der Waals surface area contributed by atoms with E-state index in [0.29, 0.717) is 25.2 Å². The number of anilines is 1. The molecular weight excluding hydrogens is 355 g/mol. The van der Waals surface area contributed by atoms with Crippen molar-refractivity contribution >= 4 is 36.0 Å². The van der Waals surface area contributed by atoms with Gasteiger partial charge in [0, 0.05) is 24.8 Å². The van der Waals surface area contributed by atoms with Crippen LogP contribution in [0.15, 0.2) is 24.3 Å². The molecule has 0 radical (unpaired) electrons. The van der Waals surface area contributed by atoms with Gasteiger partial charge in [0.1, 0.15) is 12.4 Å². The second kappa shape index (κ2) is 9.80. The molecule has 0 spiro atoms. The van der Waals surface area contributed by atoms with Gasteiger partial charge in [-0.25, -0.2) is 9.18 Å². The van der Waals surface area contributed by atoms with E-state index in [0.717, 1.165) is 0 Å². The smallest absolute Gasteiger partial charge is 0.322 e. The molecule has 0 aliphatic carbocycles. The van der Waals surface area contributed by atoms with Crippen molar-refractivity contribution in [3.05, 3.63) is 30.1 Å². The fraction of sp³-hybridized carbons (Fsp3) is 0.400. The fourth-order valence-corrected chi connectivity index (χ4v) is 2.41. The number of hydrogen-bond donors (Lipinski definition) is 4. The normalized spacial score (nSPS) is 16.6. The SMILES string of the molecule is Cl.O=C(O)CNC(=O)CN1CCC(NC(=O)Nc2ccc(F)cc2)C1. The molecular formula is C15H20ClFN4O4. The topological polar surface area (TPSA) is 111 Å². The van der Waals surface area contributed by atoms with Crippen LogP contribution in [0.3, 0.4) is 0 Å². The summed E-state index contributed by atoms with van der Waals surface area (Å²) in [5.74, 6) is -1.84. The molecule has 10 heteroatoms. The summed E-state index contributed by atoms with van der Waals surface area (Å²) in [6, 6.07) is 4.91. The number of rotatable bonds is 6. The maximum atomic E-state index is 12.8. The summed E-state index contributed by atoms with van der Waals surface area (Å²) in [7, 11) is 0. The Bertz CT molecular complexity index is 614. The van der Waals surface area contributed by atoms with E-state index in [-0.39, 0.29) is 36.7 Å². The summed E-state index contributed by atoms with van der Waals surface area (Å²) in [6.07, 6.45) is 0.684. The molecule has 0 saturated carbocycles. The molecule has 0 aromatic heterocycles. The fourth-order valence-electron chi connectivity index (χ4n) is 2.41. The number of likely N-dealkylation sites (tertiary alicyclic amines) is 1. The van der Waals surface area contributed by atoms with Crippen molar-refractivity contribution in [2.75, 3.05) is 31.5 Å². The first-order chi connectivity index (χ1) is 11.4. The molecule has 1 unspecified atom stereocenters. The first kappa shape index (κ1) is 20.7. The number of amides is 3. The molecule has 1 fully saturated rings. The van der Waals surface area contributed by atoms with Crippen molar-refractivity contribution in [3.63, 3.8) is 0 Å². The van der Waals surface area contributed by atoms with E-state index in [2.05, 4.69) is 16.0 Å². The predicted octanol–water partition coefficient (Wildman–Crippen LogP) is 0.644. The Labute approximate surface area is 150 Å². The van der Waals surface area contributed by atoms with E-state index < -0.39 is 18.5 Å². The molecule has 138 valence electrons. The zero-order valence-corrected chi connectivity index (χ0v) is 14.1. The van der Waals surface area contributed by atoms with E-state index >= 15 is 0 Å². The third-order valence-corrected chi connectivity index (χ3v) is 3.51. The predicted molar refractivity (Wildman–Crippen MR) is 91.3 cm³/mol. The highest BCUT2D eigenvalue weighted by molar-refractivity contribution is 5.89. The zero-order valence-electron chi connectivity index (χ0n) is 13.3. The highest BCUT2D eigenvalue weighted by Crippen LogP contribution is 2.10. The number of nitrogens with zero attached hydrogens (tertiary/aromatic N) is 1. The van der Waals surface area contributed by atoms with Crippen molar-refractivity contribution in [1.82, 2.24) is 15.5 Å². The van der Waals surface area contributed by atoms with E-state index in [1.54, 1.807) is 0 Å². The van der Waals surface area contributed by atoms with Gasteiger partial charge in [0.15, 0.2) is 0 Å². The maximum absolute atomic E-state index is 12.8. The Hall–Kier alpha value is -2.39. The van der Waals surface area contributed by atoms with Gasteiger partial charge in [0.25, 0.3) is 0 Å². The number of nitrogens with one attached hydrogen (secondary N) is 3. The van der Waals surface area contributed by atoms with Crippen LogP contribution in [-0.2, 0) is 9.59 Å². The van der Waals surface area contributed by atoms with Crippen LogP contribution in [0.5, 0.6) is 0 Å². The second-order valence-corrected chi connectivity index (χ2v) is 5.50. The number of hydrogen-bond acceptors (Lipinski definition) is 4. The largest absolute Gasteiger partial charge is 0.480 e. The highest BCUT2D eigenvalue weighted by Gasteiger charge is 2.25. The number of aliphatic carboxylic acids is 1. The van der Waals surface area contributed by atoms with E-state index in [4.69, 9.17) is 5.11 Å². The Balaban J connectivity index is 0.00000312. The molecule has 25 heavy (non-hydrogen) atoms. The number of halogens is 2. The lowest BCUT2D eigenvalue weighted by Gasteiger charge is -2.16. The monoisotopic (exact) mass is 374 g/mol. The Morgan fingerprint density at radius 1 is 1.24 bits per heavy atom. The van der Waals surface area contributed by atoms with Crippen LogP contribution in [0.2, 0.25) is 0 Å². The number of carboxylic acid groups (broad SMARTS) is 1. The number of urea groups is 1.